The number of carbonyl (C=O) groups excluding carboxylic acids is 1. The van der Waals surface area contributed by atoms with Gasteiger partial charge in [0.25, 0.3) is 0 Å². The first-order valence-electron chi connectivity index (χ1n) is 9.03. The second-order valence-corrected chi connectivity index (χ2v) is 8.79. The third kappa shape index (κ3) is 4.22. The lowest BCUT2D eigenvalue weighted by atomic mass is 10.0. The number of hydrogen-bond donors (Lipinski definition) is 0. The summed E-state index contributed by atoms with van der Waals surface area (Å²) in [4.78, 5) is 18.9. The minimum atomic E-state index is -3.51. The van der Waals surface area contributed by atoms with Crippen molar-refractivity contribution in [3.05, 3.63) is 30.5 Å². The molecule has 1 unspecified atom stereocenters. The Morgan fingerprint density at radius 1 is 1.33 bits per heavy atom. The zero-order valence-electron chi connectivity index (χ0n) is 15.9. The van der Waals surface area contributed by atoms with E-state index in [1.165, 1.54) is 10.6 Å². The molecule has 0 aliphatic carbocycles. The summed E-state index contributed by atoms with van der Waals surface area (Å²) >= 11 is 0. The number of aryl methyl sites for hydroxylation is 3. The van der Waals surface area contributed by atoms with Gasteiger partial charge in [-0.3, -0.25) is 14.4 Å². The number of aromatic nitrogens is 4. The Labute approximate surface area is 159 Å². The van der Waals surface area contributed by atoms with E-state index in [4.69, 9.17) is 0 Å². The van der Waals surface area contributed by atoms with Gasteiger partial charge in [-0.05, 0) is 26.2 Å². The maximum absolute atomic E-state index is 13.1. The molecule has 1 fully saturated rings. The average Bonchev–Trinajstić information content (AvgIpc) is 3.20. The molecule has 9 nitrogen and oxygen atoms in total. The summed E-state index contributed by atoms with van der Waals surface area (Å²) in [6.45, 7) is 3.43. The fraction of sp³-hybridized carbons (Fsp3) is 0.588. The van der Waals surface area contributed by atoms with Gasteiger partial charge in [0.15, 0.2) is 0 Å². The number of sulfonamides is 1. The molecule has 2 aromatic heterocycles. The third-order valence-corrected chi connectivity index (χ3v) is 6.25. The Kier molecular flexibility index (Phi) is 5.66. The standard InChI is InChI=1S/C17H26N6O3S/c1-14-18-9-13-21(14)10-5-12-23(27(3,25)26)15-6-4-11-22(17(15)24)16-7-8-19-20(16)2/h7-9,13,15H,4-6,10-12H2,1-3H3. The van der Waals surface area contributed by atoms with Gasteiger partial charge < -0.3 is 4.57 Å². The van der Waals surface area contributed by atoms with Crippen LogP contribution < -0.4 is 4.90 Å². The first-order chi connectivity index (χ1) is 12.8. The molecule has 3 heterocycles. The molecule has 0 N–H and O–H groups in total. The van der Waals surface area contributed by atoms with Crippen LogP contribution in [0.25, 0.3) is 0 Å². The predicted molar refractivity (Wildman–Crippen MR) is 102 cm³/mol. The van der Waals surface area contributed by atoms with Crippen molar-refractivity contribution in [3.63, 3.8) is 0 Å². The molecule has 0 aromatic carbocycles. The molecule has 148 valence electrons. The highest BCUT2D eigenvalue weighted by Gasteiger charge is 2.38. The lowest BCUT2D eigenvalue weighted by Gasteiger charge is -2.37. The number of carbonyl (C=O) groups is 1. The van der Waals surface area contributed by atoms with Crippen molar-refractivity contribution in [1.82, 2.24) is 23.6 Å². The average molecular weight is 395 g/mol. The number of nitrogens with zero attached hydrogens (tertiary/aromatic N) is 6. The lowest BCUT2D eigenvalue weighted by Crippen LogP contribution is -2.54. The van der Waals surface area contributed by atoms with Gasteiger partial charge in [0.05, 0.1) is 12.5 Å². The summed E-state index contributed by atoms with van der Waals surface area (Å²) in [7, 11) is -1.74. The Morgan fingerprint density at radius 3 is 2.70 bits per heavy atom. The van der Waals surface area contributed by atoms with Crippen molar-refractivity contribution < 1.29 is 13.2 Å². The first kappa shape index (κ1) is 19.6. The van der Waals surface area contributed by atoms with E-state index < -0.39 is 16.1 Å². The van der Waals surface area contributed by atoms with Crippen molar-refractivity contribution in [2.75, 3.05) is 24.2 Å². The number of piperidine rings is 1. The van der Waals surface area contributed by atoms with Crippen molar-refractivity contribution in [1.29, 1.82) is 0 Å². The molecule has 3 rings (SSSR count). The molecule has 2 aromatic rings. The van der Waals surface area contributed by atoms with Gasteiger partial charge in [0.1, 0.15) is 17.7 Å². The van der Waals surface area contributed by atoms with Crippen LogP contribution >= 0.6 is 0 Å². The van der Waals surface area contributed by atoms with Gasteiger partial charge in [0.2, 0.25) is 15.9 Å². The molecular weight excluding hydrogens is 368 g/mol. The fourth-order valence-corrected chi connectivity index (χ4v) is 4.69. The lowest BCUT2D eigenvalue weighted by molar-refractivity contribution is -0.123. The number of hydrogen-bond acceptors (Lipinski definition) is 5. The van der Waals surface area contributed by atoms with E-state index in [1.807, 2.05) is 17.7 Å². The summed E-state index contributed by atoms with van der Waals surface area (Å²) in [6, 6.07) is 1.10. The maximum atomic E-state index is 13.1. The Morgan fingerprint density at radius 2 is 2.11 bits per heavy atom. The normalized spacial score (nSPS) is 18.4. The van der Waals surface area contributed by atoms with Crippen LogP contribution in [0.15, 0.2) is 24.7 Å². The Balaban J connectivity index is 1.75. The summed E-state index contributed by atoms with van der Waals surface area (Å²) in [5, 5.41) is 4.11. The summed E-state index contributed by atoms with van der Waals surface area (Å²) in [5.74, 6) is 1.39. The maximum Gasteiger partial charge on any atom is 0.246 e. The van der Waals surface area contributed by atoms with Crippen LogP contribution in [0.4, 0.5) is 5.82 Å². The van der Waals surface area contributed by atoms with E-state index in [0.717, 1.165) is 12.2 Å². The van der Waals surface area contributed by atoms with Crippen LogP contribution in [0.2, 0.25) is 0 Å². The van der Waals surface area contributed by atoms with Crippen molar-refractivity contribution in [3.8, 4) is 0 Å². The Bertz CT molecular complexity index is 903. The molecular formula is C17H26N6O3S. The zero-order valence-corrected chi connectivity index (χ0v) is 16.8. The smallest absolute Gasteiger partial charge is 0.246 e. The molecule has 0 saturated carbocycles. The van der Waals surface area contributed by atoms with Crippen LogP contribution in [0.1, 0.15) is 25.1 Å². The Hall–Kier alpha value is -2.20. The second-order valence-electron chi connectivity index (χ2n) is 6.86. The molecule has 0 spiro atoms. The molecule has 0 radical (unpaired) electrons. The van der Waals surface area contributed by atoms with Crippen LogP contribution in [0.5, 0.6) is 0 Å². The molecule has 1 atom stereocenters. The van der Waals surface area contributed by atoms with Gasteiger partial charge in [-0.1, -0.05) is 0 Å². The molecule has 27 heavy (non-hydrogen) atoms. The fourth-order valence-electron chi connectivity index (χ4n) is 3.57. The summed E-state index contributed by atoms with van der Waals surface area (Å²) < 4.78 is 29.8. The highest BCUT2D eigenvalue weighted by Crippen LogP contribution is 2.25. The van der Waals surface area contributed by atoms with E-state index in [2.05, 4.69) is 10.1 Å². The molecule has 1 aliphatic rings. The third-order valence-electron chi connectivity index (χ3n) is 4.96. The van der Waals surface area contributed by atoms with Gasteiger partial charge in [0, 0.05) is 45.1 Å². The summed E-state index contributed by atoms with van der Waals surface area (Å²) in [5.41, 5.74) is 0. The first-order valence-corrected chi connectivity index (χ1v) is 10.9. The molecule has 10 heteroatoms. The largest absolute Gasteiger partial charge is 0.335 e. The van der Waals surface area contributed by atoms with Gasteiger partial charge in [-0.25, -0.2) is 13.4 Å². The molecule has 1 amide bonds. The second kappa shape index (κ2) is 7.81. The van der Waals surface area contributed by atoms with Crippen LogP contribution in [-0.4, -0.2) is 63.3 Å². The number of anilines is 1. The molecule has 0 bridgehead atoms. The highest BCUT2D eigenvalue weighted by atomic mass is 32.2. The zero-order chi connectivity index (χ0) is 19.6. The van der Waals surface area contributed by atoms with Crippen LogP contribution in [-0.2, 0) is 28.4 Å². The van der Waals surface area contributed by atoms with Crippen LogP contribution in [0.3, 0.4) is 0 Å². The monoisotopic (exact) mass is 394 g/mol. The van der Waals surface area contributed by atoms with Crippen molar-refractivity contribution in [2.24, 2.45) is 7.05 Å². The molecule has 1 saturated heterocycles. The van der Waals surface area contributed by atoms with E-state index in [1.54, 1.807) is 35.1 Å². The van der Waals surface area contributed by atoms with E-state index in [9.17, 15) is 13.2 Å². The number of imidazole rings is 1. The SMILES string of the molecule is Cc1nccn1CCCN(C1CCCN(c2ccnn2C)C1=O)S(C)(=O)=O. The molecule has 1 aliphatic heterocycles. The topological polar surface area (TPSA) is 93.3 Å². The van der Waals surface area contributed by atoms with Crippen molar-refractivity contribution in [2.45, 2.75) is 38.8 Å². The minimum Gasteiger partial charge on any atom is -0.335 e. The van der Waals surface area contributed by atoms with Gasteiger partial charge in [-0.15, -0.1) is 0 Å². The number of amides is 1. The van der Waals surface area contributed by atoms with Gasteiger partial charge in [-0.2, -0.15) is 9.40 Å². The predicted octanol–water partition coefficient (Wildman–Crippen LogP) is 0.772. The number of rotatable bonds is 7. The summed E-state index contributed by atoms with van der Waals surface area (Å²) in [6.07, 6.45) is 8.29. The van der Waals surface area contributed by atoms with Crippen molar-refractivity contribution >= 4 is 21.7 Å². The minimum absolute atomic E-state index is 0.186. The van der Waals surface area contributed by atoms with E-state index in [-0.39, 0.29) is 5.91 Å². The van der Waals surface area contributed by atoms with Gasteiger partial charge >= 0.3 is 0 Å². The highest BCUT2D eigenvalue weighted by molar-refractivity contribution is 7.88. The quantitative estimate of drug-likeness (QED) is 0.692. The van der Waals surface area contributed by atoms with E-state index >= 15 is 0 Å². The van der Waals surface area contributed by atoms with Crippen LogP contribution in [0, 0.1) is 6.92 Å². The van der Waals surface area contributed by atoms with E-state index in [0.29, 0.717) is 38.3 Å².